The molecule has 3 aromatic heterocycles. The first-order valence-electron chi connectivity index (χ1n) is 12.3. The van der Waals surface area contributed by atoms with Gasteiger partial charge < -0.3 is 21.1 Å². The molecule has 0 spiro atoms. The van der Waals surface area contributed by atoms with Gasteiger partial charge in [0.2, 0.25) is 5.88 Å². The van der Waals surface area contributed by atoms with Gasteiger partial charge in [-0.15, -0.1) is 0 Å². The second-order valence-electron chi connectivity index (χ2n) is 9.05. The average molecular weight is 634 g/mol. The van der Waals surface area contributed by atoms with Crippen molar-refractivity contribution in [1.82, 2.24) is 19.7 Å². The molecule has 0 saturated carbocycles. The number of amides is 2. The lowest BCUT2D eigenvalue weighted by Gasteiger charge is -2.15. The van der Waals surface area contributed by atoms with Gasteiger partial charge in [-0.1, -0.05) is 23.7 Å². The summed E-state index contributed by atoms with van der Waals surface area (Å²) in [6, 6.07) is 13.2. The number of alkyl halides is 6. The molecule has 0 aliphatic carbocycles. The number of carbonyl (C=O) groups excluding carboxylic acids is 1. The molecular formula is C28H18ClF6N7O2. The molecule has 0 radical (unpaired) electrons. The fourth-order valence-corrected chi connectivity index (χ4v) is 4.08. The predicted molar refractivity (Wildman–Crippen MR) is 150 cm³/mol. The third-order valence-electron chi connectivity index (χ3n) is 5.97. The first-order valence-corrected chi connectivity index (χ1v) is 12.7. The number of nitrogens with zero attached hydrogens (tertiary/aromatic N) is 4. The Bertz CT molecular complexity index is 1810. The van der Waals surface area contributed by atoms with Crippen LogP contribution in [0.1, 0.15) is 11.3 Å². The summed E-state index contributed by atoms with van der Waals surface area (Å²) in [6.07, 6.45) is -5.98. The molecule has 3 heterocycles. The molecule has 0 aliphatic rings. The summed E-state index contributed by atoms with van der Waals surface area (Å²) in [5.74, 6) is 0.891. The second-order valence-corrected chi connectivity index (χ2v) is 9.49. The minimum atomic E-state index is -4.79. The van der Waals surface area contributed by atoms with Gasteiger partial charge in [-0.05, 0) is 54.1 Å². The molecule has 0 saturated heterocycles. The van der Waals surface area contributed by atoms with E-state index in [1.807, 2.05) is 0 Å². The van der Waals surface area contributed by atoms with E-state index in [1.54, 1.807) is 30.3 Å². The number of halogens is 7. The number of hydrogen-bond donors (Lipinski definition) is 3. The van der Waals surface area contributed by atoms with E-state index >= 15 is 0 Å². The fourth-order valence-electron chi connectivity index (χ4n) is 3.93. The Kier molecular flexibility index (Phi) is 8.06. The van der Waals surface area contributed by atoms with Crippen molar-refractivity contribution in [3.8, 4) is 28.4 Å². The van der Waals surface area contributed by atoms with Crippen LogP contribution in [0.25, 0.3) is 16.8 Å². The van der Waals surface area contributed by atoms with Crippen LogP contribution in [0.4, 0.5) is 48.3 Å². The van der Waals surface area contributed by atoms with Gasteiger partial charge in [-0.2, -0.15) is 31.4 Å². The van der Waals surface area contributed by atoms with Gasteiger partial charge in [0, 0.05) is 24.0 Å². The Morgan fingerprint density at radius 1 is 0.864 bits per heavy atom. The zero-order valence-corrected chi connectivity index (χ0v) is 22.7. The lowest BCUT2D eigenvalue weighted by Crippen LogP contribution is -2.21. The summed E-state index contributed by atoms with van der Waals surface area (Å²) in [5, 5.41) is 8.41. The lowest BCUT2D eigenvalue weighted by atomic mass is 10.1. The average Bonchev–Trinajstić information content (AvgIpc) is 3.46. The van der Waals surface area contributed by atoms with E-state index in [0.29, 0.717) is 45.0 Å². The summed E-state index contributed by atoms with van der Waals surface area (Å²) in [5.41, 5.74) is 4.38. The number of carbonyl (C=O) groups is 1. The Morgan fingerprint density at radius 3 is 2.25 bits per heavy atom. The zero-order valence-electron chi connectivity index (χ0n) is 21.9. The lowest BCUT2D eigenvalue weighted by molar-refractivity contribution is -0.141. The molecule has 4 N–H and O–H groups in total. The van der Waals surface area contributed by atoms with Gasteiger partial charge in [-0.25, -0.2) is 19.4 Å². The number of ether oxygens (including phenoxy) is 1. The molecular weight excluding hydrogens is 616 g/mol. The van der Waals surface area contributed by atoms with Crippen LogP contribution >= 0.6 is 11.6 Å². The minimum absolute atomic E-state index is 0.140. The highest BCUT2D eigenvalue weighted by Crippen LogP contribution is 2.35. The van der Waals surface area contributed by atoms with Gasteiger partial charge >= 0.3 is 18.4 Å². The summed E-state index contributed by atoms with van der Waals surface area (Å²) in [7, 11) is 0. The number of benzene rings is 2. The Labute approximate surface area is 249 Å². The molecule has 2 aromatic carbocycles. The highest BCUT2D eigenvalue weighted by molar-refractivity contribution is 6.30. The first-order chi connectivity index (χ1) is 20.8. The van der Waals surface area contributed by atoms with Crippen LogP contribution in [0.2, 0.25) is 5.02 Å². The van der Waals surface area contributed by atoms with Gasteiger partial charge in [0.25, 0.3) is 0 Å². The standard InChI is InChI=1S/C28H18ClF6N7O2/c29-17-12-20(25(36)38-13-17)15-1-5-19(6-2-15)44-24-8-4-18(14-37-24)39-26(43)40-21-11-16(27(30,31)32)3-7-22(21)42-10-9-23(41-42)28(33,34)35/h1-14H,(H2,36,38)(H2,39,40,43). The van der Waals surface area contributed by atoms with Crippen molar-refractivity contribution in [3.05, 3.63) is 102 Å². The molecule has 5 rings (SSSR count). The number of aromatic nitrogens is 4. The second kappa shape index (κ2) is 11.8. The van der Waals surface area contributed by atoms with Crippen molar-refractivity contribution in [2.45, 2.75) is 12.4 Å². The first kappa shape index (κ1) is 30.2. The Morgan fingerprint density at radius 2 is 1.61 bits per heavy atom. The monoisotopic (exact) mass is 633 g/mol. The third-order valence-corrected chi connectivity index (χ3v) is 6.17. The maximum absolute atomic E-state index is 13.3. The van der Waals surface area contributed by atoms with Crippen LogP contribution in [0.3, 0.4) is 0 Å². The number of nitrogens with one attached hydrogen (secondary N) is 2. The summed E-state index contributed by atoms with van der Waals surface area (Å²) < 4.78 is 85.5. The van der Waals surface area contributed by atoms with E-state index in [0.717, 1.165) is 17.8 Å². The predicted octanol–water partition coefficient (Wildman–Crippen LogP) is 8.04. The van der Waals surface area contributed by atoms with Crippen LogP contribution < -0.4 is 21.1 Å². The highest BCUT2D eigenvalue weighted by Gasteiger charge is 2.34. The minimum Gasteiger partial charge on any atom is -0.439 e. The Hall–Kier alpha value is -5.31. The van der Waals surface area contributed by atoms with Crippen molar-refractivity contribution >= 4 is 34.8 Å². The van der Waals surface area contributed by atoms with Crippen molar-refractivity contribution in [2.24, 2.45) is 0 Å². The fraction of sp³-hybridized carbons (Fsp3) is 0.0714. The van der Waals surface area contributed by atoms with Crippen LogP contribution in [0.5, 0.6) is 11.6 Å². The summed E-state index contributed by atoms with van der Waals surface area (Å²) in [6.45, 7) is 0. The van der Waals surface area contributed by atoms with Crippen LogP contribution in [0, 0.1) is 0 Å². The van der Waals surface area contributed by atoms with E-state index in [-0.39, 0.29) is 17.3 Å². The Balaban J connectivity index is 1.28. The van der Waals surface area contributed by atoms with E-state index in [9.17, 15) is 31.1 Å². The van der Waals surface area contributed by atoms with Crippen molar-refractivity contribution in [2.75, 3.05) is 16.4 Å². The molecule has 226 valence electrons. The highest BCUT2D eigenvalue weighted by atomic mass is 35.5. The van der Waals surface area contributed by atoms with Gasteiger partial charge in [0.05, 0.1) is 33.8 Å². The topological polar surface area (TPSA) is 120 Å². The van der Waals surface area contributed by atoms with E-state index < -0.39 is 35.3 Å². The molecule has 16 heteroatoms. The molecule has 9 nitrogen and oxygen atoms in total. The molecule has 2 amide bonds. The summed E-state index contributed by atoms with van der Waals surface area (Å²) >= 11 is 6.00. The quantitative estimate of drug-likeness (QED) is 0.163. The van der Waals surface area contributed by atoms with Gasteiger partial charge in [-0.3, -0.25) is 0 Å². The molecule has 0 atom stereocenters. The zero-order chi connectivity index (χ0) is 31.6. The van der Waals surface area contributed by atoms with Crippen molar-refractivity contribution in [3.63, 3.8) is 0 Å². The number of nitrogens with two attached hydrogens (primary N) is 1. The number of hydrogen-bond acceptors (Lipinski definition) is 6. The van der Waals surface area contributed by atoms with Crippen LogP contribution in [-0.2, 0) is 12.4 Å². The largest absolute Gasteiger partial charge is 0.439 e. The third kappa shape index (κ3) is 7.00. The number of pyridine rings is 2. The maximum atomic E-state index is 13.3. The van der Waals surface area contributed by atoms with Crippen molar-refractivity contribution in [1.29, 1.82) is 0 Å². The van der Waals surface area contributed by atoms with Gasteiger partial charge in [0.1, 0.15) is 11.6 Å². The van der Waals surface area contributed by atoms with Gasteiger partial charge in [0.15, 0.2) is 5.69 Å². The van der Waals surface area contributed by atoms with Crippen LogP contribution in [-0.4, -0.2) is 25.8 Å². The molecule has 0 unspecified atom stereocenters. The molecule has 0 fully saturated rings. The molecule has 0 bridgehead atoms. The van der Waals surface area contributed by atoms with E-state index in [2.05, 4.69) is 25.7 Å². The number of anilines is 3. The number of urea groups is 1. The molecule has 5 aromatic rings. The number of rotatable bonds is 6. The maximum Gasteiger partial charge on any atom is 0.435 e. The van der Waals surface area contributed by atoms with E-state index in [1.165, 1.54) is 24.5 Å². The summed E-state index contributed by atoms with van der Waals surface area (Å²) in [4.78, 5) is 20.8. The van der Waals surface area contributed by atoms with Crippen molar-refractivity contribution < 1.29 is 35.9 Å². The molecule has 44 heavy (non-hydrogen) atoms. The molecule has 0 aliphatic heterocycles. The SMILES string of the molecule is Nc1ncc(Cl)cc1-c1ccc(Oc2ccc(NC(=O)Nc3cc(C(F)(F)F)ccc3-n3ccc(C(F)(F)F)n3)cn2)cc1. The smallest absolute Gasteiger partial charge is 0.435 e. The van der Waals surface area contributed by atoms with Crippen LogP contribution in [0.15, 0.2) is 85.3 Å². The normalized spacial score (nSPS) is 11.7. The van der Waals surface area contributed by atoms with E-state index in [4.69, 9.17) is 22.1 Å². The number of nitrogen functional groups attached to an aromatic ring is 1.